The third-order valence-electron chi connectivity index (χ3n) is 6.10. The van der Waals surface area contributed by atoms with E-state index in [4.69, 9.17) is 16.6 Å². The third kappa shape index (κ3) is 11.1. The van der Waals surface area contributed by atoms with Crippen molar-refractivity contribution in [3.63, 3.8) is 0 Å². The second kappa shape index (κ2) is 16.2. The Morgan fingerprint density at radius 3 is 2.03 bits per heavy atom. The van der Waals surface area contributed by atoms with Crippen molar-refractivity contribution >= 4 is 29.7 Å². The minimum absolute atomic E-state index is 0.00174. The number of phenols is 1. The van der Waals surface area contributed by atoms with Gasteiger partial charge in [-0.05, 0) is 49.4 Å². The molecule has 0 spiro atoms. The van der Waals surface area contributed by atoms with Crippen LogP contribution in [0.15, 0.2) is 24.3 Å². The van der Waals surface area contributed by atoms with Crippen LogP contribution in [0.4, 0.5) is 0 Å². The summed E-state index contributed by atoms with van der Waals surface area (Å²) >= 11 is 0. The second-order valence-electron chi connectivity index (χ2n) is 9.19. The summed E-state index contributed by atoms with van der Waals surface area (Å²) in [7, 11) is 0. The molecule has 3 amide bonds. The zero-order valence-electron chi connectivity index (χ0n) is 21.7. The summed E-state index contributed by atoms with van der Waals surface area (Å²) in [6.45, 7) is 3.85. The fourth-order valence-corrected chi connectivity index (χ4v) is 3.60. The first-order chi connectivity index (χ1) is 17.9. The lowest BCUT2D eigenvalue weighted by molar-refractivity contribution is -0.142. The van der Waals surface area contributed by atoms with Crippen molar-refractivity contribution in [1.29, 1.82) is 0 Å². The van der Waals surface area contributed by atoms with Crippen molar-refractivity contribution < 1.29 is 39.3 Å². The third-order valence-corrected chi connectivity index (χ3v) is 6.10. The van der Waals surface area contributed by atoms with Crippen molar-refractivity contribution in [3.8, 4) is 5.75 Å². The molecule has 0 saturated heterocycles. The largest absolute Gasteiger partial charge is 0.508 e. The van der Waals surface area contributed by atoms with E-state index in [0.717, 1.165) is 0 Å². The predicted octanol–water partition coefficient (Wildman–Crippen LogP) is -0.549. The Bertz CT molecular complexity index is 956. The number of carboxylic acid groups (broad SMARTS) is 2. The van der Waals surface area contributed by atoms with E-state index in [-0.39, 0.29) is 18.6 Å². The SMILES string of the molecule is CC[C@H](C)[C@H](NC(=O)[C@@H](N)CC(=O)O)C(=O)N[C@@H](Cc1ccc(O)cc1)C(=O)N[C@@H](CCCCN)C(=O)O. The first-order valence-corrected chi connectivity index (χ1v) is 12.5. The van der Waals surface area contributed by atoms with Crippen LogP contribution < -0.4 is 27.4 Å². The summed E-state index contributed by atoms with van der Waals surface area (Å²) in [5.74, 6) is -5.21. The molecule has 10 N–H and O–H groups in total. The quantitative estimate of drug-likeness (QED) is 0.118. The van der Waals surface area contributed by atoms with Crippen molar-refractivity contribution in [2.45, 2.75) is 76.5 Å². The lowest BCUT2D eigenvalue weighted by Crippen LogP contribution is -2.59. The molecule has 13 nitrogen and oxygen atoms in total. The molecule has 0 unspecified atom stereocenters. The fourth-order valence-electron chi connectivity index (χ4n) is 3.60. The van der Waals surface area contributed by atoms with E-state index in [9.17, 15) is 34.2 Å². The maximum absolute atomic E-state index is 13.3. The standard InChI is InChI=1S/C25H39N5O8/c1-3-14(2)21(30-22(34)17(27)13-20(32)33)24(36)29-19(12-15-7-9-16(31)10-8-15)23(35)28-18(25(37)38)6-4-5-11-26/h7-10,14,17-19,21,31H,3-6,11-13,26-27H2,1-2H3,(H,28,35)(H,29,36)(H,30,34)(H,32,33)(H,37,38)/t14-,17-,18-,19-,21-/m0/s1. The number of benzene rings is 1. The molecule has 5 atom stereocenters. The molecule has 0 aromatic heterocycles. The lowest BCUT2D eigenvalue weighted by Gasteiger charge is -2.28. The Morgan fingerprint density at radius 2 is 1.50 bits per heavy atom. The van der Waals surface area contributed by atoms with E-state index >= 15 is 0 Å². The van der Waals surface area contributed by atoms with Gasteiger partial charge in [-0.2, -0.15) is 0 Å². The number of amides is 3. The van der Waals surface area contributed by atoms with Crippen LogP contribution in [0.3, 0.4) is 0 Å². The smallest absolute Gasteiger partial charge is 0.326 e. The number of carbonyl (C=O) groups excluding carboxylic acids is 3. The summed E-state index contributed by atoms with van der Waals surface area (Å²) in [5, 5.41) is 35.5. The summed E-state index contributed by atoms with van der Waals surface area (Å²) < 4.78 is 0. The number of hydrogen-bond acceptors (Lipinski definition) is 8. The zero-order chi connectivity index (χ0) is 28.8. The first kappa shape index (κ1) is 32.3. The van der Waals surface area contributed by atoms with Crippen LogP contribution in [0, 0.1) is 5.92 Å². The van der Waals surface area contributed by atoms with Gasteiger partial charge in [-0.25, -0.2) is 4.79 Å². The molecular formula is C25H39N5O8. The van der Waals surface area contributed by atoms with Crippen LogP contribution in [-0.4, -0.2) is 75.7 Å². The average Bonchev–Trinajstić information content (AvgIpc) is 2.86. The molecule has 0 aliphatic carbocycles. The molecule has 1 aromatic rings. The predicted molar refractivity (Wildman–Crippen MR) is 138 cm³/mol. The summed E-state index contributed by atoms with van der Waals surface area (Å²) in [6, 6.07) is 0.977. The molecule has 0 bridgehead atoms. The number of carbonyl (C=O) groups is 5. The van der Waals surface area contributed by atoms with Gasteiger partial charge in [0.15, 0.2) is 0 Å². The van der Waals surface area contributed by atoms with Crippen molar-refractivity contribution in [2.75, 3.05) is 6.54 Å². The van der Waals surface area contributed by atoms with Gasteiger partial charge in [0, 0.05) is 6.42 Å². The fraction of sp³-hybridized carbons (Fsp3) is 0.560. The minimum atomic E-state index is -1.38. The second-order valence-corrected chi connectivity index (χ2v) is 9.19. The Labute approximate surface area is 221 Å². The van der Waals surface area contributed by atoms with Crippen LogP contribution in [0.25, 0.3) is 0 Å². The van der Waals surface area contributed by atoms with E-state index in [1.165, 1.54) is 12.1 Å². The van der Waals surface area contributed by atoms with E-state index < -0.39 is 66.2 Å². The van der Waals surface area contributed by atoms with Crippen molar-refractivity contribution in [3.05, 3.63) is 29.8 Å². The van der Waals surface area contributed by atoms with Crippen molar-refractivity contribution in [2.24, 2.45) is 17.4 Å². The van der Waals surface area contributed by atoms with Gasteiger partial charge in [0.2, 0.25) is 17.7 Å². The van der Waals surface area contributed by atoms with Gasteiger partial charge in [0.05, 0.1) is 12.5 Å². The molecule has 13 heteroatoms. The van der Waals surface area contributed by atoms with Gasteiger partial charge >= 0.3 is 11.9 Å². The number of nitrogens with two attached hydrogens (primary N) is 2. The molecule has 0 saturated carbocycles. The molecular weight excluding hydrogens is 498 g/mol. The highest BCUT2D eigenvalue weighted by molar-refractivity contribution is 5.95. The van der Waals surface area contributed by atoms with Crippen LogP contribution in [0.1, 0.15) is 51.5 Å². The van der Waals surface area contributed by atoms with Gasteiger partial charge in [-0.1, -0.05) is 32.4 Å². The Kier molecular flexibility index (Phi) is 13.8. The molecule has 0 aliphatic heterocycles. The highest BCUT2D eigenvalue weighted by Gasteiger charge is 2.33. The Balaban J connectivity index is 3.16. The topological polar surface area (TPSA) is 234 Å². The van der Waals surface area contributed by atoms with Gasteiger partial charge in [0.25, 0.3) is 0 Å². The van der Waals surface area contributed by atoms with E-state index in [0.29, 0.717) is 31.4 Å². The van der Waals surface area contributed by atoms with E-state index in [1.54, 1.807) is 26.0 Å². The highest BCUT2D eigenvalue weighted by atomic mass is 16.4. The minimum Gasteiger partial charge on any atom is -0.508 e. The number of rotatable bonds is 17. The molecule has 0 fully saturated rings. The van der Waals surface area contributed by atoms with Crippen LogP contribution in [0.5, 0.6) is 5.75 Å². The molecule has 0 aliphatic rings. The zero-order valence-corrected chi connectivity index (χ0v) is 21.7. The average molecular weight is 538 g/mol. The summed E-state index contributed by atoms with van der Waals surface area (Å²) in [6.07, 6.45) is 0.990. The van der Waals surface area contributed by atoms with Gasteiger partial charge < -0.3 is 42.7 Å². The molecule has 1 aromatic carbocycles. The number of nitrogens with one attached hydrogen (secondary N) is 3. The Hall–Kier alpha value is -3.71. The maximum atomic E-state index is 13.3. The van der Waals surface area contributed by atoms with Gasteiger partial charge in [-0.15, -0.1) is 0 Å². The molecule has 0 heterocycles. The number of aromatic hydroxyl groups is 1. The van der Waals surface area contributed by atoms with Crippen LogP contribution in [0.2, 0.25) is 0 Å². The molecule has 38 heavy (non-hydrogen) atoms. The molecule has 212 valence electrons. The normalized spacial score (nSPS) is 14.8. The van der Waals surface area contributed by atoms with E-state index in [1.807, 2.05) is 0 Å². The van der Waals surface area contributed by atoms with E-state index in [2.05, 4.69) is 16.0 Å². The van der Waals surface area contributed by atoms with Gasteiger partial charge in [-0.3, -0.25) is 19.2 Å². The highest BCUT2D eigenvalue weighted by Crippen LogP contribution is 2.14. The summed E-state index contributed by atoms with van der Waals surface area (Å²) in [4.78, 5) is 61.5. The monoisotopic (exact) mass is 537 g/mol. The van der Waals surface area contributed by atoms with Crippen LogP contribution >= 0.6 is 0 Å². The number of carboxylic acids is 2. The Morgan fingerprint density at radius 1 is 0.895 bits per heavy atom. The number of aliphatic carboxylic acids is 2. The summed E-state index contributed by atoms with van der Waals surface area (Å²) in [5.41, 5.74) is 11.7. The molecule has 0 radical (unpaired) electrons. The molecule has 1 rings (SSSR count). The van der Waals surface area contributed by atoms with Gasteiger partial charge in [0.1, 0.15) is 23.9 Å². The number of phenolic OH excluding ortho intramolecular Hbond substituents is 1. The maximum Gasteiger partial charge on any atom is 0.326 e. The number of unbranched alkanes of at least 4 members (excludes halogenated alkanes) is 1. The first-order valence-electron chi connectivity index (χ1n) is 12.5. The number of hydrogen-bond donors (Lipinski definition) is 8. The van der Waals surface area contributed by atoms with Crippen molar-refractivity contribution in [1.82, 2.24) is 16.0 Å². The van der Waals surface area contributed by atoms with Crippen LogP contribution in [-0.2, 0) is 30.4 Å². The lowest BCUT2D eigenvalue weighted by atomic mass is 9.96.